The molecule has 0 radical (unpaired) electrons. The number of hydrogen-bond acceptors (Lipinski definition) is 3. The fourth-order valence-electron chi connectivity index (χ4n) is 1.89. The number of carbonyl (C=O) groups is 1. The van der Waals surface area contributed by atoms with Gasteiger partial charge in [-0.3, -0.25) is 9.69 Å². The average molecular weight is 303 g/mol. The third kappa shape index (κ3) is 6.59. The molecule has 21 heavy (non-hydrogen) atoms. The van der Waals surface area contributed by atoms with Crippen LogP contribution in [-0.2, 0) is 11.3 Å². The molecule has 3 N–H and O–H groups in total. The second kappa shape index (κ2) is 7.99. The van der Waals surface area contributed by atoms with Crippen molar-refractivity contribution < 1.29 is 18.0 Å². The second-order valence-corrected chi connectivity index (χ2v) is 4.75. The number of nitrogens with two attached hydrogens (primary N) is 1. The third-order valence-electron chi connectivity index (χ3n) is 3.04. The largest absolute Gasteiger partial charge is 0.405 e. The van der Waals surface area contributed by atoms with Crippen LogP contribution in [-0.4, -0.2) is 42.7 Å². The molecular formula is C14H20F3N3O. The molecular weight excluding hydrogens is 283 g/mol. The number of amides is 1. The molecule has 0 saturated carbocycles. The van der Waals surface area contributed by atoms with Crippen LogP contribution < -0.4 is 11.1 Å². The molecule has 4 nitrogen and oxygen atoms in total. The van der Waals surface area contributed by atoms with E-state index in [0.29, 0.717) is 19.6 Å². The standard InChI is InChI=1S/C14H20F3N3O/c1-11(13(21)19-10-14(15,16)17)20(8-7-18)9-12-5-3-2-4-6-12/h2-6,11H,7-10,18H2,1H3,(H,19,21). The number of halogens is 3. The van der Waals surface area contributed by atoms with Crippen LogP contribution >= 0.6 is 0 Å². The lowest BCUT2D eigenvalue weighted by atomic mass is 10.1. The molecule has 0 fully saturated rings. The van der Waals surface area contributed by atoms with Crippen LogP contribution in [0.1, 0.15) is 12.5 Å². The van der Waals surface area contributed by atoms with Crippen molar-refractivity contribution in [3.05, 3.63) is 35.9 Å². The van der Waals surface area contributed by atoms with E-state index in [2.05, 4.69) is 0 Å². The number of alkyl halides is 3. The van der Waals surface area contributed by atoms with Crippen LogP contribution in [0.15, 0.2) is 30.3 Å². The Hall–Kier alpha value is -1.60. The normalized spacial score (nSPS) is 13.2. The Balaban J connectivity index is 2.64. The first-order valence-electron chi connectivity index (χ1n) is 6.66. The Morgan fingerprint density at radius 2 is 1.95 bits per heavy atom. The number of hydrogen-bond donors (Lipinski definition) is 2. The van der Waals surface area contributed by atoms with Gasteiger partial charge in [0.25, 0.3) is 0 Å². The smallest absolute Gasteiger partial charge is 0.346 e. The molecule has 1 rings (SSSR count). The topological polar surface area (TPSA) is 58.4 Å². The Kier molecular flexibility index (Phi) is 6.64. The van der Waals surface area contributed by atoms with Crippen molar-refractivity contribution in [1.29, 1.82) is 0 Å². The van der Waals surface area contributed by atoms with Crippen molar-refractivity contribution in [3.63, 3.8) is 0 Å². The highest BCUT2D eigenvalue weighted by molar-refractivity contribution is 5.81. The molecule has 0 spiro atoms. The summed E-state index contributed by atoms with van der Waals surface area (Å²) in [6.07, 6.45) is -4.41. The number of rotatable bonds is 7. The van der Waals surface area contributed by atoms with E-state index in [0.717, 1.165) is 5.56 Å². The van der Waals surface area contributed by atoms with Crippen molar-refractivity contribution in [3.8, 4) is 0 Å². The van der Waals surface area contributed by atoms with Crippen LogP contribution in [0, 0.1) is 0 Å². The minimum absolute atomic E-state index is 0.323. The fraction of sp³-hybridized carbons (Fsp3) is 0.500. The van der Waals surface area contributed by atoms with Crippen molar-refractivity contribution in [2.24, 2.45) is 5.73 Å². The van der Waals surface area contributed by atoms with Crippen LogP contribution in [0.5, 0.6) is 0 Å². The SMILES string of the molecule is CC(C(=O)NCC(F)(F)F)N(CCN)Cc1ccccc1. The minimum Gasteiger partial charge on any atom is -0.346 e. The summed E-state index contributed by atoms with van der Waals surface area (Å²) in [5.41, 5.74) is 6.48. The Bertz CT molecular complexity index is 437. The Morgan fingerprint density at radius 1 is 1.33 bits per heavy atom. The number of carbonyl (C=O) groups excluding carboxylic acids is 1. The van der Waals surface area contributed by atoms with E-state index in [-0.39, 0.29) is 0 Å². The zero-order chi connectivity index (χ0) is 15.9. The monoisotopic (exact) mass is 303 g/mol. The van der Waals surface area contributed by atoms with Crippen LogP contribution in [0.2, 0.25) is 0 Å². The summed E-state index contributed by atoms with van der Waals surface area (Å²) in [6, 6.07) is 8.70. The highest BCUT2D eigenvalue weighted by atomic mass is 19.4. The maximum atomic E-state index is 12.1. The molecule has 7 heteroatoms. The summed E-state index contributed by atoms with van der Waals surface area (Å²) in [7, 11) is 0. The van der Waals surface area contributed by atoms with Gasteiger partial charge in [-0.05, 0) is 12.5 Å². The molecule has 0 bridgehead atoms. The van der Waals surface area contributed by atoms with Gasteiger partial charge in [-0.1, -0.05) is 30.3 Å². The number of nitrogens with zero attached hydrogens (tertiary/aromatic N) is 1. The van der Waals surface area contributed by atoms with Gasteiger partial charge in [0.2, 0.25) is 5.91 Å². The molecule has 0 saturated heterocycles. The van der Waals surface area contributed by atoms with Gasteiger partial charge in [0, 0.05) is 19.6 Å². The maximum Gasteiger partial charge on any atom is 0.405 e. The summed E-state index contributed by atoms with van der Waals surface area (Å²) in [5, 5.41) is 1.90. The van der Waals surface area contributed by atoms with E-state index in [4.69, 9.17) is 5.73 Å². The van der Waals surface area contributed by atoms with Crippen molar-refractivity contribution in [1.82, 2.24) is 10.2 Å². The molecule has 0 heterocycles. The average Bonchev–Trinajstić information content (AvgIpc) is 2.44. The predicted molar refractivity (Wildman–Crippen MR) is 74.4 cm³/mol. The van der Waals surface area contributed by atoms with E-state index in [1.54, 1.807) is 11.8 Å². The molecule has 118 valence electrons. The lowest BCUT2D eigenvalue weighted by Gasteiger charge is -2.28. The maximum absolute atomic E-state index is 12.1. The van der Waals surface area contributed by atoms with Crippen LogP contribution in [0.4, 0.5) is 13.2 Å². The van der Waals surface area contributed by atoms with E-state index < -0.39 is 24.7 Å². The fourth-order valence-corrected chi connectivity index (χ4v) is 1.89. The lowest BCUT2D eigenvalue weighted by molar-refractivity contribution is -0.141. The van der Waals surface area contributed by atoms with Crippen molar-refractivity contribution in [2.45, 2.75) is 25.7 Å². The van der Waals surface area contributed by atoms with Gasteiger partial charge in [0.1, 0.15) is 6.54 Å². The zero-order valence-corrected chi connectivity index (χ0v) is 11.9. The molecule has 1 aromatic rings. The quantitative estimate of drug-likeness (QED) is 0.803. The molecule has 1 atom stereocenters. The highest BCUT2D eigenvalue weighted by Gasteiger charge is 2.29. The van der Waals surface area contributed by atoms with Gasteiger partial charge >= 0.3 is 6.18 Å². The zero-order valence-electron chi connectivity index (χ0n) is 11.9. The molecule has 0 aliphatic carbocycles. The summed E-state index contributed by atoms with van der Waals surface area (Å²) >= 11 is 0. The first kappa shape index (κ1) is 17.5. The van der Waals surface area contributed by atoms with Gasteiger partial charge in [0.15, 0.2) is 0 Å². The van der Waals surface area contributed by atoms with Gasteiger partial charge in [-0.2, -0.15) is 13.2 Å². The molecule has 0 aliphatic heterocycles. The highest BCUT2D eigenvalue weighted by Crippen LogP contribution is 2.13. The first-order valence-corrected chi connectivity index (χ1v) is 6.66. The van der Waals surface area contributed by atoms with Crippen LogP contribution in [0.25, 0.3) is 0 Å². The van der Waals surface area contributed by atoms with Gasteiger partial charge in [0.05, 0.1) is 6.04 Å². The number of benzene rings is 1. The summed E-state index contributed by atoms with van der Waals surface area (Å²) in [6.45, 7) is 1.46. The molecule has 0 aliphatic rings. The van der Waals surface area contributed by atoms with E-state index in [1.165, 1.54) is 0 Å². The van der Waals surface area contributed by atoms with E-state index in [9.17, 15) is 18.0 Å². The first-order chi connectivity index (χ1) is 9.83. The molecule has 0 aromatic heterocycles. The Labute approximate surface area is 122 Å². The molecule has 1 aromatic carbocycles. The van der Waals surface area contributed by atoms with Crippen molar-refractivity contribution >= 4 is 5.91 Å². The molecule has 1 unspecified atom stereocenters. The summed E-state index contributed by atoms with van der Waals surface area (Å²) < 4.78 is 36.4. The van der Waals surface area contributed by atoms with Gasteiger partial charge in [-0.25, -0.2) is 0 Å². The third-order valence-corrected chi connectivity index (χ3v) is 3.04. The van der Waals surface area contributed by atoms with E-state index in [1.807, 2.05) is 35.6 Å². The Morgan fingerprint density at radius 3 is 2.48 bits per heavy atom. The minimum atomic E-state index is -4.41. The summed E-state index contributed by atoms with van der Waals surface area (Å²) in [5.74, 6) is -0.656. The molecule has 1 amide bonds. The number of nitrogens with one attached hydrogen (secondary N) is 1. The second-order valence-electron chi connectivity index (χ2n) is 4.75. The van der Waals surface area contributed by atoms with Crippen LogP contribution in [0.3, 0.4) is 0 Å². The van der Waals surface area contributed by atoms with Crippen molar-refractivity contribution in [2.75, 3.05) is 19.6 Å². The van der Waals surface area contributed by atoms with Gasteiger partial charge in [-0.15, -0.1) is 0 Å². The summed E-state index contributed by atoms with van der Waals surface area (Å²) in [4.78, 5) is 13.6. The predicted octanol–water partition coefficient (Wildman–Crippen LogP) is 1.51. The van der Waals surface area contributed by atoms with Gasteiger partial charge < -0.3 is 11.1 Å². The van der Waals surface area contributed by atoms with E-state index >= 15 is 0 Å². The lowest BCUT2D eigenvalue weighted by Crippen LogP contribution is -2.48.